The van der Waals surface area contributed by atoms with E-state index in [1.165, 1.54) is 22.2 Å². The fourth-order valence-electron chi connectivity index (χ4n) is 4.16. The van der Waals surface area contributed by atoms with Gasteiger partial charge in [0.25, 0.3) is 5.91 Å². The van der Waals surface area contributed by atoms with Crippen LogP contribution in [0.15, 0.2) is 60.7 Å². The fourth-order valence-corrected chi connectivity index (χ4v) is 4.16. The van der Waals surface area contributed by atoms with Crippen LogP contribution in [0.4, 0.5) is 5.69 Å². The summed E-state index contributed by atoms with van der Waals surface area (Å²) in [5, 5.41) is 2.30. The third-order valence-corrected chi connectivity index (χ3v) is 6.15. The number of hydrogen-bond acceptors (Lipinski definition) is 3. The minimum absolute atomic E-state index is 0.0891. The zero-order chi connectivity index (χ0) is 21.1. The first kappa shape index (κ1) is 20.3. The zero-order valence-electron chi connectivity index (χ0n) is 18.1. The molecule has 3 aromatic carbocycles. The van der Waals surface area contributed by atoms with Gasteiger partial charge in [0.05, 0.1) is 0 Å². The van der Waals surface area contributed by atoms with Crippen LogP contribution in [0, 0.1) is 13.8 Å². The van der Waals surface area contributed by atoms with E-state index < -0.39 is 6.10 Å². The molecule has 4 nitrogen and oxygen atoms in total. The highest BCUT2D eigenvalue weighted by molar-refractivity contribution is 5.84. The Morgan fingerprint density at radius 2 is 1.67 bits per heavy atom. The molecule has 1 atom stereocenters. The molecule has 4 heteroatoms. The number of piperazine rings is 1. The van der Waals surface area contributed by atoms with Crippen LogP contribution in [0.2, 0.25) is 0 Å². The normalized spacial score (nSPS) is 15.3. The largest absolute Gasteiger partial charge is 0.481 e. The summed E-state index contributed by atoms with van der Waals surface area (Å²) in [6.45, 7) is 9.48. The number of nitrogens with zero attached hydrogens (tertiary/aromatic N) is 2. The van der Waals surface area contributed by atoms with Crippen molar-refractivity contribution in [3.8, 4) is 5.75 Å². The van der Waals surface area contributed by atoms with Crippen molar-refractivity contribution in [1.82, 2.24) is 4.90 Å². The van der Waals surface area contributed by atoms with E-state index >= 15 is 0 Å². The number of amides is 1. The van der Waals surface area contributed by atoms with Crippen molar-refractivity contribution < 1.29 is 9.53 Å². The lowest BCUT2D eigenvalue weighted by molar-refractivity contribution is -0.139. The van der Waals surface area contributed by atoms with Crippen molar-refractivity contribution in [3.63, 3.8) is 0 Å². The molecule has 1 amide bonds. The Bertz CT molecular complexity index is 1040. The molecule has 0 unspecified atom stereocenters. The highest BCUT2D eigenvalue weighted by Gasteiger charge is 2.28. The van der Waals surface area contributed by atoms with Gasteiger partial charge in [0.1, 0.15) is 5.75 Å². The summed E-state index contributed by atoms with van der Waals surface area (Å²) in [5.74, 6) is 0.842. The number of rotatable bonds is 5. The minimum Gasteiger partial charge on any atom is -0.481 e. The average molecular weight is 403 g/mol. The smallest absolute Gasteiger partial charge is 0.263 e. The number of carbonyl (C=O) groups is 1. The van der Waals surface area contributed by atoms with Crippen LogP contribution in [0.5, 0.6) is 5.75 Å². The van der Waals surface area contributed by atoms with Crippen LogP contribution in [-0.2, 0) is 4.79 Å². The summed E-state index contributed by atoms with van der Waals surface area (Å²) in [5.41, 5.74) is 3.91. The number of benzene rings is 3. The summed E-state index contributed by atoms with van der Waals surface area (Å²) in [6.07, 6.45) is 0.210. The SMILES string of the molecule is CC[C@H](Oc1ccc2ccccc2c1)C(=O)N1CCN(c2cccc(C)c2C)CC1. The standard InChI is InChI=1S/C26H30N2O2/c1-4-25(30-23-13-12-21-9-5-6-10-22(21)18-23)26(29)28-16-14-27(15-17-28)24-11-7-8-19(2)20(24)3/h5-13,18,25H,4,14-17H2,1-3H3/t25-/m0/s1. The molecule has 156 valence electrons. The first-order valence-electron chi connectivity index (χ1n) is 10.8. The quantitative estimate of drug-likeness (QED) is 0.604. The van der Waals surface area contributed by atoms with Crippen molar-refractivity contribution in [1.29, 1.82) is 0 Å². The number of carbonyl (C=O) groups excluding carboxylic acids is 1. The Morgan fingerprint density at radius 3 is 2.40 bits per heavy atom. The fraction of sp³-hybridized carbons (Fsp3) is 0.346. The average Bonchev–Trinajstić information content (AvgIpc) is 2.79. The molecule has 30 heavy (non-hydrogen) atoms. The third-order valence-electron chi connectivity index (χ3n) is 6.15. The second-order valence-electron chi connectivity index (χ2n) is 8.06. The van der Waals surface area contributed by atoms with Gasteiger partial charge in [-0.25, -0.2) is 0 Å². The van der Waals surface area contributed by atoms with Crippen LogP contribution in [0.25, 0.3) is 10.8 Å². The molecule has 1 aliphatic heterocycles. The Kier molecular flexibility index (Phi) is 5.93. The van der Waals surface area contributed by atoms with Gasteiger partial charge in [0, 0.05) is 31.9 Å². The predicted octanol–water partition coefficient (Wildman–Crippen LogP) is 4.96. The van der Waals surface area contributed by atoms with E-state index in [1.807, 2.05) is 42.2 Å². The first-order chi connectivity index (χ1) is 14.6. The molecular formula is C26H30N2O2. The summed E-state index contributed by atoms with van der Waals surface area (Å²) < 4.78 is 6.13. The van der Waals surface area contributed by atoms with Crippen LogP contribution in [-0.4, -0.2) is 43.1 Å². The van der Waals surface area contributed by atoms with Crippen molar-refractivity contribution in [2.24, 2.45) is 0 Å². The first-order valence-corrected chi connectivity index (χ1v) is 10.8. The van der Waals surface area contributed by atoms with Crippen LogP contribution in [0.3, 0.4) is 0 Å². The van der Waals surface area contributed by atoms with Gasteiger partial charge in [0.2, 0.25) is 0 Å². The molecule has 0 aliphatic carbocycles. The molecule has 3 aromatic rings. The van der Waals surface area contributed by atoms with E-state index in [0.717, 1.165) is 37.3 Å². The van der Waals surface area contributed by atoms with E-state index in [0.29, 0.717) is 6.42 Å². The van der Waals surface area contributed by atoms with Crippen molar-refractivity contribution in [2.75, 3.05) is 31.1 Å². The van der Waals surface area contributed by atoms with E-state index in [2.05, 4.69) is 49.1 Å². The Hall–Kier alpha value is -3.01. The molecular weight excluding hydrogens is 372 g/mol. The maximum Gasteiger partial charge on any atom is 0.263 e. The van der Waals surface area contributed by atoms with Crippen LogP contribution < -0.4 is 9.64 Å². The lowest BCUT2D eigenvalue weighted by Crippen LogP contribution is -2.52. The lowest BCUT2D eigenvalue weighted by Gasteiger charge is -2.38. The molecule has 1 saturated heterocycles. The number of anilines is 1. The summed E-state index contributed by atoms with van der Waals surface area (Å²) in [7, 11) is 0. The Balaban J connectivity index is 1.41. The number of aryl methyl sites for hydroxylation is 1. The monoisotopic (exact) mass is 402 g/mol. The molecule has 1 heterocycles. The van der Waals surface area contributed by atoms with Gasteiger partial charge in [-0.15, -0.1) is 0 Å². The minimum atomic E-state index is -0.446. The van der Waals surface area contributed by atoms with E-state index in [9.17, 15) is 4.79 Å². The second kappa shape index (κ2) is 8.78. The number of ether oxygens (including phenoxy) is 1. The van der Waals surface area contributed by atoms with Gasteiger partial charge < -0.3 is 14.5 Å². The number of fused-ring (bicyclic) bond motifs is 1. The molecule has 0 saturated carbocycles. The number of hydrogen-bond donors (Lipinski definition) is 0. The summed E-state index contributed by atoms with van der Waals surface area (Å²) >= 11 is 0. The van der Waals surface area contributed by atoms with Gasteiger partial charge in [-0.2, -0.15) is 0 Å². The topological polar surface area (TPSA) is 32.8 Å². The molecule has 0 spiro atoms. The maximum absolute atomic E-state index is 13.1. The van der Waals surface area contributed by atoms with Crippen LogP contribution in [0.1, 0.15) is 24.5 Å². The molecule has 4 rings (SSSR count). The predicted molar refractivity (Wildman–Crippen MR) is 123 cm³/mol. The highest BCUT2D eigenvalue weighted by atomic mass is 16.5. The highest BCUT2D eigenvalue weighted by Crippen LogP contribution is 2.25. The van der Waals surface area contributed by atoms with Gasteiger partial charge in [0.15, 0.2) is 6.10 Å². The van der Waals surface area contributed by atoms with Gasteiger partial charge in [-0.3, -0.25) is 4.79 Å². The summed E-state index contributed by atoms with van der Waals surface area (Å²) in [4.78, 5) is 17.5. The van der Waals surface area contributed by atoms with Crippen molar-refractivity contribution in [2.45, 2.75) is 33.3 Å². The molecule has 1 fully saturated rings. The van der Waals surface area contributed by atoms with Crippen molar-refractivity contribution >= 4 is 22.4 Å². The van der Waals surface area contributed by atoms with Crippen molar-refractivity contribution in [3.05, 3.63) is 71.8 Å². The molecule has 0 radical (unpaired) electrons. The zero-order valence-corrected chi connectivity index (χ0v) is 18.1. The molecule has 1 aliphatic rings. The lowest BCUT2D eigenvalue weighted by atomic mass is 10.1. The van der Waals surface area contributed by atoms with Gasteiger partial charge in [-0.1, -0.05) is 49.4 Å². The Morgan fingerprint density at radius 1 is 0.933 bits per heavy atom. The third kappa shape index (κ3) is 4.13. The molecule has 0 N–H and O–H groups in total. The van der Waals surface area contributed by atoms with E-state index in [1.54, 1.807) is 0 Å². The summed E-state index contributed by atoms with van der Waals surface area (Å²) in [6, 6.07) is 20.6. The van der Waals surface area contributed by atoms with Crippen LogP contribution >= 0.6 is 0 Å². The van der Waals surface area contributed by atoms with E-state index in [-0.39, 0.29) is 5.91 Å². The van der Waals surface area contributed by atoms with Gasteiger partial charge >= 0.3 is 0 Å². The Labute approximate surface area is 179 Å². The second-order valence-corrected chi connectivity index (χ2v) is 8.06. The molecule has 0 aromatic heterocycles. The van der Waals surface area contributed by atoms with Gasteiger partial charge in [-0.05, 0) is 60.4 Å². The van der Waals surface area contributed by atoms with E-state index in [4.69, 9.17) is 4.74 Å². The molecule has 0 bridgehead atoms. The maximum atomic E-state index is 13.1.